The monoisotopic (exact) mass is 605 g/mol. The van der Waals surface area contributed by atoms with Crippen molar-refractivity contribution in [2.45, 2.75) is 64.8 Å². The number of likely N-dealkylation sites (tertiary alicyclic amines) is 1. The number of carbonyl (C=O) groups excluding carboxylic acids is 3. The third-order valence-electron chi connectivity index (χ3n) is 9.01. The summed E-state index contributed by atoms with van der Waals surface area (Å²) in [7, 11) is -3.67. The quantitative estimate of drug-likeness (QED) is 0.319. The highest BCUT2D eigenvalue weighted by Gasteiger charge is 2.69. The lowest BCUT2D eigenvalue weighted by Gasteiger charge is -2.35. The molecule has 3 heterocycles. The van der Waals surface area contributed by atoms with E-state index in [4.69, 9.17) is 0 Å². The predicted octanol–water partition coefficient (Wildman–Crippen LogP) is 1.40. The second kappa shape index (κ2) is 10.9. The van der Waals surface area contributed by atoms with E-state index in [1.165, 1.54) is 16.2 Å². The standard InChI is InChI=1S/C28H39N5O6S2/c1-14(2)21(32-41(5,38)39)27(37)33-13-16-20(28(16,3)4)22(33)25(36)30-18(12-15-10-11-29-24(15)35)23(34)26-31-17-8-6-7-9-19(17)40-26/h6-9,14-16,18,20-23,32,34H,10-13H2,1-5H3,(H,29,35)(H,30,36)/t15-,16-,18-,20-,21-,22-,23-/m0/s1. The second-order valence-electron chi connectivity index (χ2n) is 12.6. The number of nitrogens with zero attached hydrogens (tertiary/aromatic N) is 2. The van der Waals surface area contributed by atoms with Gasteiger partial charge in [-0.15, -0.1) is 11.3 Å². The van der Waals surface area contributed by atoms with Crippen molar-refractivity contribution in [1.82, 2.24) is 25.2 Å². The largest absolute Gasteiger partial charge is 0.384 e. The SMILES string of the molecule is CC(C)[C@H](NS(C)(=O)=O)C(=O)N1C[C@H]2[C@@H]([C@H]1C(=O)N[C@@H](C[C@@H]1CCNC1=O)[C@H](O)c1nc3ccccc3s1)C2(C)C. The summed E-state index contributed by atoms with van der Waals surface area (Å²) >= 11 is 1.34. The van der Waals surface area contributed by atoms with Gasteiger partial charge in [0.2, 0.25) is 27.7 Å². The molecule has 0 radical (unpaired) electrons. The fraction of sp³-hybridized carbons (Fsp3) is 0.643. The first-order valence-electron chi connectivity index (χ1n) is 14.1. The Morgan fingerprint density at radius 3 is 2.59 bits per heavy atom. The average molecular weight is 606 g/mol. The van der Waals surface area contributed by atoms with Crippen molar-refractivity contribution in [1.29, 1.82) is 0 Å². The maximum absolute atomic E-state index is 14.1. The zero-order chi connectivity index (χ0) is 29.9. The highest BCUT2D eigenvalue weighted by atomic mass is 32.2. The maximum Gasteiger partial charge on any atom is 0.243 e. The van der Waals surface area contributed by atoms with E-state index >= 15 is 0 Å². The predicted molar refractivity (Wildman–Crippen MR) is 155 cm³/mol. The fourth-order valence-corrected chi connectivity index (χ4v) is 8.45. The zero-order valence-electron chi connectivity index (χ0n) is 24.0. The molecule has 224 valence electrons. The number of sulfonamides is 1. The highest BCUT2D eigenvalue weighted by Crippen LogP contribution is 2.65. The van der Waals surface area contributed by atoms with Crippen LogP contribution in [0, 0.1) is 29.1 Å². The van der Waals surface area contributed by atoms with Crippen LogP contribution in [0.4, 0.5) is 0 Å². The zero-order valence-corrected chi connectivity index (χ0v) is 25.6. The lowest BCUT2D eigenvalue weighted by atomic mass is 9.93. The Bertz CT molecular complexity index is 1420. The van der Waals surface area contributed by atoms with Crippen molar-refractivity contribution in [3.8, 4) is 0 Å². The molecule has 1 saturated carbocycles. The number of amides is 3. The molecule has 2 saturated heterocycles. The first-order valence-corrected chi connectivity index (χ1v) is 16.8. The molecule has 3 fully saturated rings. The summed E-state index contributed by atoms with van der Waals surface area (Å²) in [4.78, 5) is 46.3. The number of benzene rings is 1. The minimum absolute atomic E-state index is 0.0986. The molecule has 0 unspecified atom stereocenters. The molecule has 4 N–H and O–H groups in total. The van der Waals surface area contributed by atoms with Crippen LogP contribution >= 0.6 is 11.3 Å². The number of para-hydroxylation sites is 1. The molecule has 41 heavy (non-hydrogen) atoms. The van der Waals surface area contributed by atoms with Gasteiger partial charge < -0.3 is 20.6 Å². The number of rotatable bonds is 10. The van der Waals surface area contributed by atoms with Gasteiger partial charge in [-0.2, -0.15) is 0 Å². The molecule has 5 rings (SSSR count). The van der Waals surface area contributed by atoms with Crippen LogP contribution < -0.4 is 15.4 Å². The molecule has 13 heteroatoms. The first kappa shape index (κ1) is 29.9. The molecule has 1 aromatic carbocycles. The van der Waals surface area contributed by atoms with Crippen LogP contribution in [0.5, 0.6) is 0 Å². The van der Waals surface area contributed by atoms with E-state index in [-0.39, 0.29) is 41.4 Å². The van der Waals surface area contributed by atoms with Gasteiger partial charge in [-0.3, -0.25) is 14.4 Å². The van der Waals surface area contributed by atoms with Crippen molar-refractivity contribution in [3.05, 3.63) is 29.3 Å². The van der Waals surface area contributed by atoms with E-state index in [9.17, 15) is 27.9 Å². The average Bonchev–Trinajstić information content (AvgIpc) is 3.40. The number of piperidine rings is 1. The molecular weight excluding hydrogens is 566 g/mol. The molecule has 11 nitrogen and oxygen atoms in total. The van der Waals surface area contributed by atoms with E-state index in [0.29, 0.717) is 24.5 Å². The van der Waals surface area contributed by atoms with Gasteiger partial charge in [0.15, 0.2) is 0 Å². The topological polar surface area (TPSA) is 158 Å². The van der Waals surface area contributed by atoms with Gasteiger partial charge in [-0.05, 0) is 48.1 Å². The summed E-state index contributed by atoms with van der Waals surface area (Å²) in [6.07, 6.45) is 0.666. The summed E-state index contributed by atoms with van der Waals surface area (Å²) in [5.41, 5.74) is 0.575. The molecule has 3 amide bonds. The normalized spacial score (nSPS) is 27.4. The minimum atomic E-state index is -3.67. The number of hydrogen-bond acceptors (Lipinski definition) is 8. The number of nitrogens with one attached hydrogen (secondary N) is 3. The summed E-state index contributed by atoms with van der Waals surface area (Å²) in [5.74, 6) is -1.68. The Labute approximate surface area is 244 Å². The Morgan fingerprint density at radius 1 is 1.27 bits per heavy atom. The van der Waals surface area contributed by atoms with E-state index in [1.54, 1.807) is 13.8 Å². The van der Waals surface area contributed by atoms with Crippen LogP contribution in [0.15, 0.2) is 24.3 Å². The van der Waals surface area contributed by atoms with Gasteiger partial charge in [0, 0.05) is 19.0 Å². The van der Waals surface area contributed by atoms with E-state index in [1.807, 2.05) is 24.3 Å². The van der Waals surface area contributed by atoms with E-state index in [2.05, 4.69) is 34.2 Å². The third kappa shape index (κ3) is 5.86. The lowest BCUT2D eigenvalue weighted by molar-refractivity contribution is -0.143. The third-order valence-corrected chi connectivity index (χ3v) is 10.8. The van der Waals surface area contributed by atoms with Gasteiger partial charge >= 0.3 is 0 Å². The van der Waals surface area contributed by atoms with Gasteiger partial charge in [0.1, 0.15) is 23.2 Å². The van der Waals surface area contributed by atoms with Gasteiger partial charge in [-0.25, -0.2) is 18.1 Å². The second-order valence-corrected chi connectivity index (χ2v) is 15.4. The smallest absolute Gasteiger partial charge is 0.243 e. The fourth-order valence-electron chi connectivity index (χ4n) is 6.59. The Morgan fingerprint density at radius 2 is 1.98 bits per heavy atom. The van der Waals surface area contributed by atoms with Crippen molar-refractivity contribution in [2.24, 2.45) is 29.1 Å². The summed E-state index contributed by atoms with van der Waals surface area (Å²) in [5, 5.41) is 17.8. The van der Waals surface area contributed by atoms with Crippen LogP contribution in [0.2, 0.25) is 0 Å². The molecule has 3 aliphatic rings. The molecule has 2 aliphatic heterocycles. The molecular formula is C28H39N5O6S2. The van der Waals surface area contributed by atoms with Gasteiger partial charge in [0.05, 0.1) is 22.5 Å². The van der Waals surface area contributed by atoms with Crippen molar-refractivity contribution >= 4 is 49.3 Å². The number of aliphatic hydroxyl groups is 1. The number of fused-ring (bicyclic) bond motifs is 2. The van der Waals surface area contributed by atoms with E-state index < -0.39 is 46.1 Å². The van der Waals surface area contributed by atoms with Gasteiger partial charge in [-0.1, -0.05) is 39.8 Å². The number of carbonyl (C=O) groups is 3. The van der Waals surface area contributed by atoms with E-state index in [0.717, 1.165) is 16.5 Å². The Balaban J connectivity index is 1.42. The number of thiazole rings is 1. The maximum atomic E-state index is 14.1. The molecule has 1 aromatic heterocycles. The Hall–Kier alpha value is -2.61. The molecule has 0 spiro atoms. The van der Waals surface area contributed by atoms with Gasteiger partial charge in [0.25, 0.3) is 0 Å². The number of aliphatic hydroxyl groups excluding tert-OH is 1. The lowest BCUT2D eigenvalue weighted by Crippen LogP contribution is -2.58. The van der Waals surface area contributed by atoms with Crippen molar-refractivity contribution in [3.63, 3.8) is 0 Å². The molecule has 2 aromatic rings. The van der Waals surface area contributed by atoms with Crippen LogP contribution in [-0.2, 0) is 24.4 Å². The van der Waals surface area contributed by atoms with Crippen LogP contribution in [0.3, 0.4) is 0 Å². The minimum Gasteiger partial charge on any atom is -0.384 e. The van der Waals surface area contributed by atoms with Crippen LogP contribution in [0.1, 0.15) is 51.6 Å². The summed E-state index contributed by atoms with van der Waals surface area (Å²) < 4.78 is 27.4. The summed E-state index contributed by atoms with van der Waals surface area (Å²) in [6, 6.07) is 4.87. The first-order chi connectivity index (χ1) is 19.2. The molecule has 0 bridgehead atoms. The summed E-state index contributed by atoms with van der Waals surface area (Å²) in [6.45, 7) is 8.53. The molecule has 7 atom stereocenters. The van der Waals surface area contributed by atoms with Crippen LogP contribution in [0.25, 0.3) is 10.2 Å². The molecule has 1 aliphatic carbocycles. The van der Waals surface area contributed by atoms with Crippen LogP contribution in [-0.4, -0.2) is 78.6 Å². The number of aromatic nitrogens is 1. The Kier molecular flexibility index (Phi) is 7.94. The van der Waals surface area contributed by atoms with Crippen molar-refractivity contribution in [2.75, 3.05) is 19.3 Å². The number of hydrogen-bond donors (Lipinski definition) is 4. The van der Waals surface area contributed by atoms with Crippen molar-refractivity contribution < 1.29 is 27.9 Å². The highest BCUT2D eigenvalue weighted by molar-refractivity contribution is 7.88.